The first-order valence-corrected chi connectivity index (χ1v) is 4.75. The van der Waals surface area contributed by atoms with E-state index in [4.69, 9.17) is 0 Å². The van der Waals surface area contributed by atoms with Gasteiger partial charge in [0.1, 0.15) is 6.04 Å². The first-order valence-electron chi connectivity index (χ1n) is 4.75. The van der Waals surface area contributed by atoms with Crippen molar-refractivity contribution < 1.29 is 14.3 Å². The number of hydrogen-bond acceptors (Lipinski definition) is 3. The summed E-state index contributed by atoms with van der Waals surface area (Å²) in [6.07, 6.45) is 1.33. The van der Waals surface area contributed by atoms with Crippen molar-refractivity contribution >= 4 is 11.9 Å². The largest absolute Gasteiger partial charge is 0.467 e. The molecular formula is C12H13NO3. The molecule has 0 bridgehead atoms. The van der Waals surface area contributed by atoms with Gasteiger partial charge in [-0.15, -0.1) is 6.58 Å². The van der Waals surface area contributed by atoms with Crippen molar-refractivity contribution in [1.29, 1.82) is 0 Å². The van der Waals surface area contributed by atoms with Crippen LogP contribution in [0.25, 0.3) is 0 Å². The summed E-state index contributed by atoms with van der Waals surface area (Å²) >= 11 is 0. The maximum atomic E-state index is 11.7. The second kappa shape index (κ2) is 5.70. The van der Waals surface area contributed by atoms with E-state index < -0.39 is 12.0 Å². The van der Waals surface area contributed by atoms with Crippen molar-refractivity contribution in [3.63, 3.8) is 0 Å². The number of hydrogen-bond donors (Lipinski definition) is 1. The van der Waals surface area contributed by atoms with Gasteiger partial charge in [-0.2, -0.15) is 0 Å². The molecule has 84 valence electrons. The van der Waals surface area contributed by atoms with Crippen molar-refractivity contribution in [2.24, 2.45) is 0 Å². The minimum Gasteiger partial charge on any atom is -0.467 e. The molecule has 1 rings (SSSR count). The molecule has 1 aromatic rings. The van der Waals surface area contributed by atoms with Gasteiger partial charge in [-0.3, -0.25) is 4.79 Å². The fourth-order valence-electron chi connectivity index (χ4n) is 1.16. The van der Waals surface area contributed by atoms with E-state index in [0.29, 0.717) is 5.56 Å². The zero-order valence-corrected chi connectivity index (χ0v) is 8.97. The van der Waals surface area contributed by atoms with E-state index in [1.165, 1.54) is 13.2 Å². The highest BCUT2D eigenvalue weighted by atomic mass is 16.5. The monoisotopic (exact) mass is 219 g/mol. The summed E-state index contributed by atoms with van der Waals surface area (Å²) in [7, 11) is 1.26. The zero-order chi connectivity index (χ0) is 12.0. The molecule has 1 amide bonds. The minimum absolute atomic E-state index is 0.337. The van der Waals surface area contributed by atoms with Crippen LogP contribution in [0.2, 0.25) is 0 Å². The molecule has 0 saturated heterocycles. The van der Waals surface area contributed by atoms with Crippen molar-refractivity contribution in [2.45, 2.75) is 6.04 Å². The van der Waals surface area contributed by atoms with Gasteiger partial charge in [-0.1, -0.05) is 24.3 Å². The summed E-state index contributed by atoms with van der Waals surface area (Å²) in [4.78, 5) is 22.9. The fraction of sp³-hybridized carbons (Fsp3) is 0.167. The van der Waals surface area contributed by atoms with Gasteiger partial charge in [-0.25, -0.2) is 4.79 Å². The van der Waals surface area contributed by atoms with Crippen LogP contribution in [0.4, 0.5) is 0 Å². The highest BCUT2D eigenvalue weighted by molar-refractivity contribution is 5.97. The maximum Gasteiger partial charge on any atom is 0.332 e. The molecule has 0 aliphatic carbocycles. The summed E-state index contributed by atoms with van der Waals surface area (Å²) < 4.78 is 4.52. The second-order valence-corrected chi connectivity index (χ2v) is 3.08. The third-order valence-electron chi connectivity index (χ3n) is 2.01. The third kappa shape index (κ3) is 2.95. The highest BCUT2D eigenvalue weighted by Crippen LogP contribution is 1.99. The van der Waals surface area contributed by atoms with Gasteiger partial charge in [0, 0.05) is 5.56 Å². The number of ether oxygens (including phenoxy) is 1. The maximum absolute atomic E-state index is 11.7. The first kappa shape index (κ1) is 12.0. The molecule has 0 aromatic heterocycles. The number of nitrogens with one attached hydrogen (secondary N) is 1. The summed E-state index contributed by atoms with van der Waals surface area (Å²) in [5, 5.41) is 2.50. The van der Waals surface area contributed by atoms with Crippen LogP contribution in [0, 0.1) is 0 Å². The number of carbonyl (C=O) groups is 2. The lowest BCUT2D eigenvalue weighted by molar-refractivity contribution is -0.141. The van der Waals surface area contributed by atoms with Gasteiger partial charge in [-0.05, 0) is 12.1 Å². The molecule has 0 radical (unpaired) electrons. The van der Waals surface area contributed by atoms with E-state index in [2.05, 4.69) is 16.6 Å². The third-order valence-corrected chi connectivity index (χ3v) is 2.01. The number of rotatable bonds is 4. The van der Waals surface area contributed by atoms with Gasteiger partial charge in [0.2, 0.25) is 0 Å². The average molecular weight is 219 g/mol. The first-order chi connectivity index (χ1) is 7.69. The minimum atomic E-state index is -0.822. The lowest BCUT2D eigenvalue weighted by Crippen LogP contribution is -2.39. The van der Waals surface area contributed by atoms with Crippen molar-refractivity contribution in [2.75, 3.05) is 7.11 Å². The Hall–Kier alpha value is -2.10. The van der Waals surface area contributed by atoms with Crippen molar-refractivity contribution in [1.82, 2.24) is 5.32 Å². The van der Waals surface area contributed by atoms with Gasteiger partial charge in [0.05, 0.1) is 7.11 Å². The topological polar surface area (TPSA) is 55.4 Å². The molecule has 0 aliphatic heterocycles. The number of methoxy groups -OCH3 is 1. The Morgan fingerprint density at radius 1 is 1.38 bits per heavy atom. The SMILES string of the molecule is C=C[C@H](NC(=O)c1ccccc1)C(=O)OC. The Kier molecular flexibility index (Phi) is 4.27. The van der Waals surface area contributed by atoms with Crippen LogP contribution < -0.4 is 5.32 Å². The molecule has 0 unspecified atom stereocenters. The zero-order valence-electron chi connectivity index (χ0n) is 8.97. The molecule has 0 spiro atoms. The smallest absolute Gasteiger partial charge is 0.332 e. The van der Waals surface area contributed by atoms with Crippen LogP contribution in [0.3, 0.4) is 0 Å². The molecule has 4 nitrogen and oxygen atoms in total. The number of esters is 1. The number of carbonyl (C=O) groups excluding carboxylic acids is 2. The van der Waals surface area contributed by atoms with E-state index in [0.717, 1.165) is 0 Å². The van der Waals surface area contributed by atoms with Crippen LogP contribution >= 0.6 is 0 Å². The number of amides is 1. The van der Waals surface area contributed by atoms with E-state index in [1.54, 1.807) is 24.3 Å². The lowest BCUT2D eigenvalue weighted by Gasteiger charge is -2.12. The van der Waals surface area contributed by atoms with E-state index >= 15 is 0 Å². The van der Waals surface area contributed by atoms with Crippen LogP contribution in [0.15, 0.2) is 43.0 Å². The Morgan fingerprint density at radius 2 is 2.00 bits per heavy atom. The molecule has 1 N–H and O–H groups in total. The molecule has 1 aromatic carbocycles. The molecular weight excluding hydrogens is 206 g/mol. The average Bonchev–Trinajstić information content (AvgIpc) is 2.35. The van der Waals surface area contributed by atoms with Crippen molar-refractivity contribution in [3.8, 4) is 0 Å². The van der Waals surface area contributed by atoms with Crippen LogP contribution in [0.1, 0.15) is 10.4 Å². The van der Waals surface area contributed by atoms with Gasteiger partial charge < -0.3 is 10.1 Å². The Balaban J connectivity index is 2.70. The van der Waals surface area contributed by atoms with Crippen LogP contribution in [-0.2, 0) is 9.53 Å². The van der Waals surface area contributed by atoms with Gasteiger partial charge in [0.25, 0.3) is 5.91 Å². The summed E-state index contributed by atoms with van der Waals surface area (Å²) in [5.74, 6) is -0.879. The van der Waals surface area contributed by atoms with E-state index in [1.807, 2.05) is 6.07 Å². The molecule has 0 fully saturated rings. The Bertz CT molecular complexity index is 387. The standard InChI is InChI=1S/C12H13NO3/c1-3-10(12(15)16-2)13-11(14)9-7-5-4-6-8-9/h3-8,10H,1H2,2H3,(H,13,14)/t10-/m0/s1. The summed E-state index contributed by atoms with van der Waals surface area (Å²) in [5.41, 5.74) is 0.484. The summed E-state index contributed by atoms with van der Waals surface area (Å²) in [6, 6.07) is 7.80. The molecule has 16 heavy (non-hydrogen) atoms. The van der Waals surface area contributed by atoms with Gasteiger partial charge >= 0.3 is 5.97 Å². The van der Waals surface area contributed by atoms with E-state index in [-0.39, 0.29) is 5.91 Å². The predicted octanol–water partition coefficient (Wildman–Crippen LogP) is 1.14. The second-order valence-electron chi connectivity index (χ2n) is 3.08. The van der Waals surface area contributed by atoms with Crippen LogP contribution in [0.5, 0.6) is 0 Å². The quantitative estimate of drug-likeness (QED) is 0.610. The fourth-order valence-corrected chi connectivity index (χ4v) is 1.16. The molecule has 0 aliphatic rings. The normalized spacial score (nSPS) is 11.3. The van der Waals surface area contributed by atoms with Gasteiger partial charge in [0.15, 0.2) is 0 Å². The Labute approximate surface area is 93.9 Å². The number of benzene rings is 1. The molecule has 0 heterocycles. The Morgan fingerprint density at radius 3 is 2.50 bits per heavy atom. The van der Waals surface area contributed by atoms with E-state index in [9.17, 15) is 9.59 Å². The predicted molar refractivity (Wildman–Crippen MR) is 59.9 cm³/mol. The van der Waals surface area contributed by atoms with Crippen molar-refractivity contribution in [3.05, 3.63) is 48.6 Å². The summed E-state index contributed by atoms with van der Waals surface area (Å²) in [6.45, 7) is 3.46. The molecule has 0 saturated carbocycles. The highest BCUT2D eigenvalue weighted by Gasteiger charge is 2.18. The van der Waals surface area contributed by atoms with Crippen LogP contribution in [-0.4, -0.2) is 25.0 Å². The lowest BCUT2D eigenvalue weighted by atomic mass is 10.2. The molecule has 1 atom stereocenters. The molecule has 4 heteroatoms.